The molecule has 0 amide bonds. The molecule has 0 saturated heterocycles. The molecule has 0 saturated carbocycles. The van der Waals surface area contributed by atoms with E-state index in [4.69, 9.17) is 4.74 Å². The minimum atomic E-state index is 0.708. The summed E-state index contributed by atoms with van der Waals surface area (Å²) in [7, 11) is 0. The van der Waals surface area contributed by atoms with Crippen molar-refractivity contribution in [3.05, 3.63) is 114 Å². The first-order valence-electron chi connectivity index (χ1n) is 11.1. The number of aromatic nitrogens is 3. The highest BCUT2D eigenvalue weighted by atomic mass is 79.9. The molecule has 2 aromatic heterocycles. The van der Waals surface area contributed by atoms with Gasteiger partial charge in [-0.25, -0.2) is 0 Å². The molecule has 168 valence electrons. The van der Waals surface area contributed by atoms with Crippen molar-refractivity contribution in [1.82, 2.24) is 15.2 Å². The van der Waals surface area contributed by atoms with Crippen LogP contribution in [0.1, 0.15) is 0 Å². The molecule has 6 rings (SSSR count). The van der Waals surface area contributed by atoms with E-state index in [9.17, 15) is 0 Å². The van der Waals surface area contributed by atoms with Crippen LogP contribution in [0.15, 0.2) is 114 Å². The van der Waals surface area contributed by atoms with Gasteiger partial charge in [0.25, 0.3) is 0 Å². The Bertz CT molecular complexity index is 1650. The molecule has 0 aliphatic heterocycles. The Balaban J connectivity index is 1.27. The van der Waals surface area contributed by atoms with Gasteiger partial charge in [-0.2, -0.15) is 0 Å². The van der Waals surface area contributed by atoms with Crippen LogP contribution in [-0.4, -0.2) is 15.2 Å². The molecule has 2 heterocycles. The van der Waals surface area contributed by atoms with Crippen molar-refractivity contribution >= 4 is 49.1 Å². The van der Waals surface area contributed by atoms with E-state index in [0.29, 0.717) is 5.82 Å². The monoisotopic (exact) mass is 518 g/mol. The topological polar surface area (TPSA) is 59.9 Å². The van der Waals surface area contributed by atoms with Gasteiger partial charge in [0, 0.05) is 38.1 Å². The number of fused-ring (bicyclic) bond motifs is 2. The van der Waals surface area contributed by atoms with Crippen LogP contribution in [0.2, 0.25) is 0 Å². The minimum absolute atomic E-state index is 0.708. The smallest absolute Gasteiger partial charge is 0.161 e. The molecule has 0 aliphatic rings. The van der Waals surface area contributed by atoms with Crippen LogP contribution in [-0.2, 0) is 0 Å². The summed E-state index contributed by atoms with van der Waals surface area (Å²) in [5.41, 5.74) is 3.68. The van der Waals surface area contributed by atoms with Gasteiger partial charge in [0.1, 0.15) is 17.2 Å². The average molecular weight is 519 g/mol. The SMILES string of the molecule is Brc1ccc2c(Oc3ccc(Nc4nnc(-c5ccccc5)c5ccccc45)cc3)ccnc2c1. The molecule has 4 aromatic carbocycles. The van der Waals surface area contributed by atoms with Crippen LogP contribution < -0.4 is 10.1 Å². The highest BCUT2D eigenvalue weighted by Crippen LogP contribution is 2.33. The second-order valence-electron chi connectivity index (χ2n) is 8.03. The fraction of sp³-hybridized carbons (Fsp3) is 0. The Kier molecular flexibility index (Phi) is 5.56. The maximum absolute atomic E-state index is 6.16. The lowest BCUT2D eigenvalue weighted by molar-refractivity contribution is 0.488. The highest BCUT2D eigenvalue weighted by molar-refractivity contribution is 9.10. The van der Waals surface area contributed by atoms with Gasteiger partial charge >= 0.3 is 0 Å². The molecular formula is C29H19BrN4O. The number of ether oxygens (including phenoxy) is 1. The molecule has 35 heavy (non-hydrogen) atoms. The molecule has 0 radical (unpaired) electrons. The van der Waals surface area contributed by atoms with E-state index in [-0.39, 0.29) is 0 Å². The molecule has 6 aromatic rings. The van der Waals surface area contributed by atoms with Gasteiger partial charge in [0.2, 0.25) is 0 Å². The largest absolute Gasteiger partial charge is 0.457 e. The third-order valence-corrected chi connectivity index (χ3v) is 6.24. The molecule has 1 N–H and O–H groups in total. The first kappa shape index (κ1) is 21.3. The lowest BCUT2D eigenvalue weighted by Gasteiger charge is -2.12. The average Bonchev–Trinajstić information content (AvgIpc) is 2.90. The number of anilines is 2. The first-order chi connectivity index (χ1) is 17.2. The maximum atomic E-state index is 6.16. The molecule has 0 fully saturated rings. The van der Waals surface area contributed by atoms with Gasteiger partial charge in [-0.1, -0.05) is 70.5 Å². The summed E-state index contributed by atoms with van der Waals surface area (Å²) in [5, 5.41) is 15.5. The Labute approximate surface area is 210 Å². The summed E-state index contributed by atoms with van der Waals surface area (Å²) >= 11 is 3.49. The van der Waals surface area contributed by atoms with Crippen LogP contribution in [0.5, 0.6) is 11.5 Å². The molecule has 6 heteroatoms. The third-order valence-electron chi connectivity index (χ3n) is 5.74. The summed E-state index contributed by atoms with van der Waals surface area (Å²) in [6.07, 6.45) is 1.75. The van der Waals surface area contributed by atoms with Gasteiger partial charge in [0.15, 0.2) is 5.82 Å². The van der Waals surface area contributed by atoms with Gasteiger partial charge in [-0.15, -0.1) is 10.2 Å². The van der Waals surface area contributed by atoms with Crippen LogP contribution in [0.4, 0.5) is 11.5 Å². The van der Waals surface area contributed by atoms with Crippen LogP contribution >= 0.6 is 15.9 Å². The van der Waals surface area contributed by atoms with E-state index in [1.165, 1.54) is 0 Å². The zero-order chi connectivity index (χ0) is 23.6. The van der Waals surface area contributed by atoms with E-state index < -0.39 is 0 Å². The summed E-state index contributed by atoms with van der Waals surface area (Å²) in [6.45, 7) is 0. The van der Waals surface area contributed by atoms with Crippen LogP contribution in [0.3, 0.4) is 0 Å². The maximum Gasteiger partial charge on any atom is 0.161 e. The van der Waals surface area contributed by atoms with Gasteiger partial charge < -0.3 is 10.1 Å². The number of nitrogens with zero attached hydrogens (tertiary/aromatic N) is 3. The van der Waals surface area contributed by atoms with E-state index in [2.05, 4.69) is 48.6 Å². The molecule has 0 unspecified atom stereocenters. The molecule has 0 bridgehead atoms. The number of rotatable bonds is 5. The number of hydrogen-bond donors (Lipinski definition) is 1. The molecular weight excluding hydrogens is 500 g/mol. The molecule has 5 nitrogen and oxygen atoms in total. The highest BCUT2D eigenvalue weighted by Gasteiger charge is 2.11. The lowest BCUT2D eigenvalue weighted by atomic mass is 10.0. The lowest BCUT2D eigenvalue weighted by Crippen LogP contribution is -1.99. The summed E-state index contributed by atoms with van der Waals surface area (Å²) in [5.74, 6) is 2.21. The number of nitrogens with one attached hydrogen (secondary N) is 1. The third kappa shape index (κ3) is 4.32. The van der Waals surface area contributed by atoms with Crippen molar-refractivity contribution in [2.24, 2.45) is 0 Å². The Morgan fingerprint density at radius 3 is 2.29 bits per heavy atom. The van der Waals surface area contributed by atoms with E-state index in [0.717, 1.165) is 54.6 Å². The summed E-state index contributed by atoms with van der Waals surface area (Å²) in [6, 6.07) is 33.9. The second kappa shape index (κ2) is 9.16. The fourth-order valence-electron chi connectivity index (χ4n) is 4.06. The van der Waals surface area contributed by atoms with E-state index >= 15 is 0 Å². The van der Waals surface area contributed by atoms with Gasteiger partial charge in [-0.3, -0.25) is 4.98 Å². The van der Waals surface area contributed by atoms with Crippen LogP contribution in [0, 0.1) is 0 Å². The number of pyridine rings is 1. The Morgan fingerprint density at radius 1 is 0.686 bits per heavy atom. The molecule has 0 spiro atoms. The van der Waals surface area contributed by atoms with Crippen molar-refractivity contribution in [3.63, 3.8) is 0 Å². The van der Waals surface area contributed by atoms with Gasteiger partial charge in [-0.05, 0) is 48.5 Å². The van der Waals surface area contributed by atoms with Crippen LogP contribution in [0.25, 0.3) is 32.9 Å². The van der Waals surface area contributed by atoms with E-state index in [1.807, 2.05) is 91.0 Å². The number of benzene rings is 4. The summed E-state index contributed by atoms with van der Waals surface area (Å²) in [4.78, 5) is 4.42. The zero-order valence-electron chi connectivity index (χ0n) is 18.5. The minimum Gasteiger partial charge on any atom is -0.457 e. The fourth-order valence-corrected chi connectivity index (χ4v) is 4.41. The zero-order valence-corrected chi connectivity index (χ0v) is 20.1. The van der Waals surface area contributed by atoms with Crippen molar-refractivity contribution in [3.8, 4) is 22.8 Å². The predicted molar refractivity (Wildman–Crippen MR) is 144 cm³/mol. The number of hydrogen-bond acceptors (Lipinski definition) is 5. The standard InChI is InChI=1S/C29H19BrN4O/c30-20-10-15-25-26(18-20)31-17-16-27(25)35-22-13-11-21(12-14-22)32-29-24-9-5-4-8-23(24)28(33-34-29)19-6-2-1-3-7-19/h1-18H,(H,32,34). The van der Waals surface area contributed by atoms with Crippen molar-refractivity contribution in [2.45, 2.75) is 0 Å². The Hall–Kier alpha value is -4.29. The van der Waals surface area contributed by atoms with Gasteiger partial charge in [0.05, 0.1) is 5.52 Å². The second-order valence-corrected chi connectivity index (χ2v) is 8.95. The Morgan fingerprint density at radius 2 is 1.46 bits per heavy atom. The van der Waals surface area contributed by atoms with Crippen molar-refractivity contribution in [1.29, 1.82) is 0 Å². The number of halogens is 1. The van der Waals surface area contributed by atoms with Crippen molar-refractivity contribution < 1.29 is 4.74 Å². The quantitative estimate of drug-likeness (QED) is 0.249. The predicted octanol–water partition coefficient (Wildman–Crippen LogP) is 8.14. The molecule has 0 aliphatic carbocycles. The van der Waals surface area contributed by atoms with E-state index in [1.54, 1.807) is 6.20 Å². The normalized spacial score (nSPS) is 11.0. The first-order valence-corrected chi connectivity index (χ1v) is 11.9. The molecule has 0 atom stereocenters. The van der Waals surface area contributed by atoms with Crippen molar-refractivity contribution in [2.75, 3.05) is 5.32 Å². The summed E-state index contributed by atoms with van der Waals surface area (Å²) < 4.78 is 7.14.